The third kappa shape index (κ3) is 3.15. The molecule has 2 aliphatic rings. The normalized spacial score (nSPS) is 26.6. The molecule has 0 aromatic carbocycles. The Morgan fingerprint density at radius 2 is 2.26 bits per heavy atom. The summed E-state index contributed by atoms with van der Waals surface area (Å²) >= 11 is 0. The number of nitrogens with zero attached hydrogens (tertiary/aromatic N) is 1. The van der Waals surface area contributed by atoms with E-state index < -0.39 is 6.04 Å². The van der Waals surface area contributed by atoms with Crippen molar-refractivity contribution in [2.45, 2.75) is 44.9 Å². The van der Waals surface area contributed by atoms with Gasteiger partial charge in [0, 0.05) is 12.5 Å². The Kier molecular flexibility index (Phi) is 3.92. The number of nitrogens with one attached hydrogen (secondary N) is 2. The standard InChI is InChI=1S/C12H19N3O4/c1-7(2)15-6-8(19-12(15)18)5-13-11(17)9-3-4-10(16)14-9/h7-9H,3-6H2,1-2H3,(H,13,17)(H,14,16). The van der Waals surface area contributed by atoms with E-state index in [4.69, 9.17) is 4.74 Å². The minimum absolute atomic E-state index is 0.0855. The molecule has 0 aliphatic carbocycles. The molecule has 2 fully saturated rings. The minimum Gasteiger partial charge on any atom is -0.442 e. The Morgan fingerprint density at radius 1 is 1.53 bits per heavy atom. The molecule has 2 saturated heterocycles. The Hall–Kier alpha value is -1.79. The molecule has 7 nitrogen and oxygen atoms in total. The van der Waals surface area contributed by atoms with Crippen molar-refractivity contribution in [2.24, 2.45) is 0 Å². The first-order valence-electron chi connectivity index (χ1n) is 6.51. The van der Waals surface area contributed by atoms with Gasteiger partial charge < -0.3 is 20.3 Å². The second-order valence-corrected chi connectivity index (χ2v) is 5.16. The van der Waals surface area contributed by atoms with E-state index in [1.807, 2.05) is 13.8 Å². The Balaban J connectivity index is 1.76. The number of hydrogen-bond donors (Lipinski definition) is 2. The molecule has 2 unspecified atom stereocenters. The molecule has 0 bridgehead atoms. The molecule has 2 N–H and O–H groups in total. The highest BCUT2D eigenvalue weighted by molar-refractivity contribution is 5.90. The Bertz CT molecular complexity index is 396. The summed E-state index contributed by atoms with van der Waals surface area (Å²) in [7, 11) is 0. The van der Waals surface area contributed by atoms with Crippen molar-refractivity contribution in [3.05, 3.63) is 0 Å². The van der Waals surface area contributed by atoms with Crippen LogP contribution in [-0.4, -0.2) is 54.1 Å². The van der Waals surface area contributed by atoms with Crippen LogP contribution >= 0.6 is 0 Å². The van der Waals surface area contributed by atoms with Crippen molar-refractivity contribution in [1.29, 1.82) is 0 Å². The van der Waals surface area contributed by atoms with Crippen LogP contribution in [-0.2, 0) is 14.3 Å². The average molecular weight is 269 g/mol. The summed E-state index contributed by atoms with van der Waals surface area (Å²) < 4.78 is 5.15. The van der Waals surface area contributed by atoms with Gasteiger partial charge in [-0.2, -0.15) is 0 Å². The molecule has 3 amide bonds. The van der Waals surface area contributed by atoms with Gasteiger partial charge in [0.1, 0.15) is 12.1 Å². The number of amides is 3. The molecular weight excluding hydrogens is 250 g/mol. The fourth-order valence-corrected chi connectivity index (χ4v) is 2.22. The van der Waals surface area contributed by atoms with Crippen LogP contribution in [0.5, 0.6) is 0 Å². The van der Waals surface area contributed by atoms with Gasteiger partial charge in [-0.15, -0.1) is 0 Å². The zero-order valence-electron chi connectivity index (χ0n) is 11.1. The van der Waals surface area contributed by atoms with Gasteiger partial charge in [-0.3, -0.25) is 9.59 Å². The molecule has 106 valence electrons. The fourth-order valence-electron chi connectivity index (χ4n) is 2.22. The summed E-state index contributed by atoms with van der Waals surface area (Å²) in [5.74, 6) is -0.316. The van der Waals surface area contributed by atoms with E-state index >= 15 is 0 Å². The van der Waals surface area contributed by atoms with Crippen LogP contribution < -0.4 is 10.6 Å². The summed E-state index contributed by atoms with van der Waals surface area (Å²) in [5.41, 5.74) is 0. The zero-order chi connectivity index (χ0) is 14.0. The number of ether oxygens (including phenoxy) is 1. The molecule has 0 aromatic rings. The molecule has 0 saturated carbocycles. The lowest BCUT2D eigenvalue weighted by Crippen LogP contribution is -2.44. The van der Waals surface area contributed by atoms with Crippen molar-refractivity contribution < 1.29 is 19.1 Å². The van der Waals surface area contributed by atoms with E-state index in [0.29, 0.717) is 19.4 Å². The van der Waals surface area contributed by atoms with E-state index in [2.05, 4.69) is 10.6 Å². The number of carbonyl (C=O) groups is 3. The minimum atomic E-state index is -0.453. The van der Waals surface area contributed by atoms with E-state index in [0.717, 1.165) is 0 Å². The van der Waals surface area contributed by atoms with Gasteiger partial charge in [0.05, 0.1) is 13.1 Å². The number of rotatable bonds is 4. The summed E-state index contributed by atoms with van der Waals surface area (Å²) in [6.45, 7) is 4.58. The first-order valence-corrected chi connectivity index (χ1v) is 6.51. The smallest absolute Gasteiger partial charge is 0.410 e. The molecule has 7 heteroatoms. The van der Waals surface area contributed by atoms with Crippen molar-refractivity contribution in [2.75, 3.05) is 13.1 Å². The third-order valence-electron chi connectivity index (χ3n) is 3.34. The molecule has 2 aliphatic heterocycles. The predicted molar refractivity (Wildman–Crippen MR) is 66.3 cm³/mol. The maximum absolute atomic E-state index is 11.8. The second kappa shape index (κ2) is 5.46. The van der Waals surface area contributed by atoms with E-state index in [1.165, 1.54) is 0 Å². The topological polar surface area (TPSA) is 87.7 Å². The van der Waals surface area contributed by atoms with Crippen LogP contribution in [0.25, 0.3) is 0 Å². The fraction of sp³-hybridized carbons (Fsp3) is 0.750. The third-order valence-corrected chi connectivity index (χ3v) is 3.34. The highest BCUT2D eigenvalue weighted by Crippen LogP contribution is 2.14. The lowest BCUT2D eigenvalue weighted by Gasteiger charge is -2.17. The van der Waals surface area contributed by atoms with E-state index in [1.54, 1.807) is 4.90 Å². The molecule has 0 aromatic heterocycles. The number of cyclic esters (lactones) is 1. The molecule has 0 spiro atoms. The average Bonchev–Trinajstić information content (AvgIpc) is 2.92. The maximum Gasteiger partial charge on any atom is 0.410 e. The monoisotopic (exact) mass is 269 g/mol. The molecular formula is C12H19N3O4. The largest absolute Gasteiger partial charge is 0.442 e. The first-order chi connectivity index (χ1) is 8.97. The van der Waals surface area contributed by atoms with Gasteiger partial charge in [-0.1, -0.05) is 0 Å². The lowest BCUT2D eigenvalue weighted by molar-refractivity contribution is -0.126. The van der Waals surface area contributed by atoms with Crippen LogP contribution in [0.15, 0.2) is 0 Å². The number of carbonyl (C=O) groups excluding carboxylic acids is 3. The zero-order valence-corrected chi connectivity index (χ0v) is 11.1. The highest BCUT2D eigenvalue weighted by Gasteiger charge is 2.34. The summed E-state index contributed by atoms with van der Waals surface area (Å²) in [4.78, 5) is 35.9. The molecule has 0 radical (unpaired) electrons. The van der Waals surface area contributed by atoms with Crippen LogP contribution in [0.4, 0.5) is 4.79 Å². The summed E-state index contributed by atoms with van der Waals surface area (Å²) in [6, 6.07) is -0.367. The Labute approximate surface area is 111 Å². The van der Waals surface area contributed by atoms with Gasteiger partial charge in [0.2, 0.25) is 11.8 Å². The first kappa shape index (κ1) is 13.6. The van der Waals surface area contributed by atoms with E-state index in [9.17, 15) is 14.4 Å². The quantitative estimate of drug-likeness (QED) is 0.727. The molecule has 2 heterocycles. The Morgan fingerprint density at radius 3 is 2.79 bits per heavy atom. The van der Waals surface area contributed by atoms with Gasteiger partial charge in [0.25, 0.3) is 0 Å². The van der Waals surface area contributed by atoms with Crippen molar-refractivity contribution in [3.8, 4) is 0 Å². The van der Waals surface area contributed by atoms with E-state index in [-0.39, 0.29) is 36.6 Å². The maximum atomic E-state index is 11.8. The molecule has 19 heavy (non-hydrogen) atoms. The molecule has 2 atom stereocenters. The summed E-state index contributed by atoms with van der Waals surface area (Å²) in [6.07, 6.45) is 0.240. The van der Waals surface area contributed by atoms with Crippen LogP contribution in [0.2, 0.25) is 0 Å². The number of hydrogen-bond acceptors (Lipinski definition) is 4. The van der Waals surface area contributed by atoms with Gasteiger partial charge in [0.15, 0.2) is 0 Å². The van der Waals surface area contributed by atoms with Crippen LogP contribution in [0.1, 0.15) is 26.7 Å². The van der Waals surface area contributed by atoms with Gasteiger partial charge in [-0.25, -0.2) is 4.79 Å². The van der Waals surface area contributed by atoms with Gasteiger partial charge in [-0.05, 0) is 20.3 Å². The predicted octanol–water partition coefficient (Wildman–Crippen LogP) is -0.390. The SMILES string of the molecule is CC(C)N1CC(CNC(=O)C2CCC(=O)N2)OC1=O. The second-order valence-electron chi connectivity index (χ2n) is 5.16. The van der Waals surface area contributed by atoms with Gasteiger partial charge >= 0.3 is 6.09 Å². The summed E-state index contributed by atoms with van der Waals surface area (Å²) in [5, 5.41) is 5.31. The van der Waals surface area contributed by atoms with Crippen LogP contribution in [0, 0.1) is 0 Å². The van der Waals surface area contributed by atoms with Crippen molar-refractivity contribution >= 4 is 17.9 Å². The highest BCUT2D eigenvalue weighted by atomic mass is 16.6. The van der Waals surface area contributed by atoms with Crippen molar-refractivity contribution in [3.63, 3.8) is 0 Å². The van der Waals surface area contributed by atoms with Crippen LogP contribution in [0.3, 0.4) is 0 Å². The molecule has 2 rings (SSSR count). The lowest BCUT2D eigenvalue weighted by atomic mass is 10.2. The van der Waals surface area contributed by atoms with Crippen molar-refractivity contribution in [1.82, 2.24) is 15.5 Å².